The van der Waals surface area contributed by atoms with Crippen LogP contribution in [0.1, 0.15) is 37.3 Å². The predicted molar refractivity (Wildman–Crippen MR) is 136 cm³/mol. The Morgan fingerprint density at radius 3 is 2.38 bits per heavy atom. The van der Waals surface area contributed by atoms with Gasteiger partial charge in [-0.2, -0.15) is 4.98 Å². The van der Waals surface area contributed by atoms with E-state index in [2.05, 4.69) is 48.2 Å². The number of fused-ring (bicyclic) bond motifs is 3. The standard InChI is InChI=1S/C27H31N5O2/c1-3-20-13-15-22(16-14-20)30-17-7-8-18-31-23-24(28-26(30)31)29(2)27(34)32(25(23)33)19-9-12-21-10-5-4-6-11-21/h4-6,10-11,13-16H,3,7-9,12,17-19H2,1-2H3. The minimum absolute atomic E-state index is 0.243. The Kier molecular flexibility index (Phi) is 6.09. The lowest BCUT2D eigenvalue weighted by atomic mass is 10.1. The summed E-state index contributed by atoms with van der Waals surface area (Å²) in [5, 5.41) is 0. The first-order chi connectivity index (χ1) is 16.6. The summed E-state index contributed by atoms with van der Waals surface area (Å²) in [5.74, 6) is 0.742. The van der Waals surface area contributed by atoms with Crippen molar-refractivity contribution < 1.29 is 0 Å². The number of aryl methyl sites for hydroxylation is 4. The van der Waals surface area contributed by atoms with Gasteiger partial charge in [0.2, 0.25) is 5.95 Å². The van der Waals surface area contributed by atoms with Crippen LogP contribution in [0.5, 0.6) is 0 Å². The quantitative estimate of drug-likeness (QED) is 0.439. The molecule has 0 saturated heterocycles. The van der Waals surface area contributed by atoms with Gasteiger partial charge in [0.1, 0.15) is 0 Å². The molecule has 0 amide bonds. The first kappa shape index (κ1) is 22.2. The zero-order valence-corrected chi connectivity index (χ0v) is 19.9. The van der Waals surface area contributed by atoms with Gasteiger partial charge in [-0.15, -0.1) is 0 Å². The van der Waals surface area contributed by atoms with Crippen LogP contribution >= 0.6 is 0 Å². The van der Waals surface area contributed by atoms with Crippen molar-refractivity contribution >= 4 is 22.8 Å². The van der Waals surface area contributed by atoms with E-state index in [-0.39, 0.29) is 11.2 Å². The molecule has 4 aromatic rings. The number of anilines is 2. The molecule has 0 fully saturated rings. The first-order valence-electron chi connectivity index (χ1n) is 12.2. The maximum Gasteiger partial charge on any atom is 0.332 e. The minimum atomic E-state index is -0.308. The number of rotatable bonds is 6. The smallest absolute Gasteiger partial charge is 0.312 e. The van der Waals surface area contributed by atoms with E-state index in [0.717, 1.165) is 50.3 Å². The van der Waals surface area contributed by atoms with Gasteiger partial charge in [-0.3, -0.25) is 13.9 Å². The molecule has 34 heavy (non-hydrogen) atoms. The molecule has 0 saturated carbocycles. The zero-order chi connectivity index (χ0) is 23.7. The molecule has 0 aliphatic carbocycles. The lowest BCUT2D eigenvalue weighted by Crippen LogP contribution is -2.39. The van der Waals surface area contributed by atoms with E-state index in [4.69, 9.17) is 4.98 Å². The summed E-state index contributed by atoms with van der Waals surface area (Å²) in [6.45, 7) is 4.08. The molecule has 1 aliphatic rings. The van der Waals surface area contributed by atoms with Gasteiger partial charge in [-0.05, 0) is 55.4 Å². The maximum absolute atomic E-state index is 13.6. The SMILES string of the molecule is CCc1ccc(N2CCCCn3c2nc2c3c(=O)n(CCCc3ccccc3)c(=O)n2C)cc1. The van der Waals surface area contributed by atoms with Crippen LogP contribution in [-0.2, 0) is 33.0 Å². The highest BCUT2D eigenvalue weighted by molar-refractivity contribution is 5.76. The van der Waals surface area contributed by atoms with Gasteiger partial charge in [0, 0.05) is 32.4 Å². The van der Waals surface area contributed by atoms with E-state index in [0.29, 0.717) is 24.3 Å². The summed E-state index contributed by atoms with van der Waals surface area (Å²) in [6, 6.07) is 18.7. The molecular weight excluding hydrogens is 426 g/mol. The van der Waals surface area contributed by atoms with E-state index in [1.807, 2.05) is 22.8 Å². The number of imidazole rings is 1. The second kappa shape index (κ2) is 9.33. The molecule has 5 rings (SSSR count). The Bertz CT molecular complexity index is 1410. The fourth-order valence-electron chi connectivity index (χ4n) is 4.86. The topological polar surface area (TPSA) is 65.1 Å². The van der Waals surface area contributed by atoms with Crippen LogP contribution in [0.15, 0.2) is 64.2 Å². The molecule has 2 aromatic heterocycles. The average Bonchev–Trinajstić information content (AvgIpc) is 3.13. The Morgan fingerprint density at radius 1 is 0.912 bits per heavy atom. The average molecular weight is 458 g/mol. The molecule has 0 radical (unpaired) electrons. The highest BCUT2D eigenvalue weighted by Crippen LogP contribution is 2.30. The number of aromatic nitrogens is 4. The monoisotopic (exact) mass is 457 g/mol. The van der Waals surface area contributed by atoms with Gasteiger partial charge in [0.05, 0.1) is 0 Å². The lowest BCUT2D eigenvalue weighted by molar-refractivity contribution is 0.569. The van der Waals surface area contributed by atoms with E-state index < -0.39 is 0 Å². The van der Waals surface area contributed by atoms with Crippen LogP contribution in [-0.4, -0.2) is 25.2 Å². The molecule has 7 nitrogen and oxygen atoms in total. The summed E-state index contributed by atoms with van der Waals surface area (Å²) in [6.07, 6.45) is 4.50. The van der Waals surface area contributed by atoms with E-state index in [1.165, 1.54) is 20.3 Å². The second-order valence-corrected chi connectivity index (χ2v) is 9.00. The Morgan fingerprint density at radius 2 is 1.65 bits per heavy atom. The Balaban J connectivity index is 1.56. The highest BCUT2D eigenvalue weighted by Gasteiger charge is 2.25. The van der Waals surface area contributed by atoms with Gasteiger partial charge in [-0.1, -0.05) is 49.4 Å². The number of nitrogens with zero attached hydrogens (tertiary/aromatic N) is 5. The van der Waals surface area contributed by atoms with Crippen molar-refractivity contribution in [2.45, 2.75) is 52.1 Å². The molecule has 0 unspecified atom stereocenters. The molecule has 3 heterocycles. The molecule has 0 bridgehead atoms. The van der Waals surface area contributed by atoms with Crippen LogP contribution in [0.2, 0.25) is 0 Å². The molecule has 7 heteroatoms. The van der Waals surface area contributed by atoms with Crippen molar-refractivity contribution in [1.82, 2.24) is 18.7 Å². The molecule has 1 aliphatic heterocycles. The van der Waals surface area contributed by atoms with Crippen molar-refractivity contribution in [3.05, 3.63) is 86.6 Å². The van der Waals surface area contributed by atoms with Crippen molar-refractivity contribution in [3.63, 3.8) is 0 Å². The van der Waals surface area contributed by atoms with Crippen LogP contribution in [0.3, 0.4) is 0 Å². The third kappa shape index (κ3) is 3.95. The van der Waals surface area contributed by atoms with Crippen LogP contribution in [0.4, 0.5) is 11.6 Å². The van der Waals surface area contributed by atoms with Crippen LogP contribution in [0.25, 0.3) is 11.2 Å². The number of hydrogen-bond acceptors (Lipinski definition) is 4. The van der Waals surface area contributed by atoms with E-state index in [9.17, 15) is 9.59 Å². The summed E-state index contributed by atoms with van der Waals surface area (Å²) in [7, 11) is 1.71. The Hall–Kier alpha value is -3.61. The van der Waals surface area contributed by atoms with Gasteiger partial charge < -0.3 is 9.47 Å². The van der Waals surface area contributed by atoms with Crippen molar-refractivity contribution in [1.29, 1.82) is 0 Å². The zero-order valence-electron chi connectivity index (χ0n) is 19.9. The van der Waals surface area contributed by atoms with Crippen LogP contribution in [0, 0.1) is 0 Å². The molecule has 2 aromatic carbocycles. The summed E-state index contributed by atoms with van der Waals surface area (Å²) >= 11 is 0. The molecular formula is C27H31N5O2. The number of hydrogen-bond donors (Lipinski definition) is 0. The molecule has 0 spiro atoms. The number of benzene rings is 2. The van der Waals surface area contributed by atoms with E-state index in [1.54, 1.807) is 7.05 Å². The fourth-order valence-corrected chi connectivity index (χ4v) is 4.86. The Labute approximate surface area is 198 Å². The van der Waals surface area contributed by atoms with Crippen LogP contribution < -0.4 is 16.1 Å². The molecule has 0 atom stereocenters. The van der Waals surface area contributed by atoms with Crippen molar-refractivity contribution in [2.24, 2.45) is 7.05 Å². The van der Waals surface area contributed by atoms with Gasteiger partial charge >= 0.3 is 5.69 Å². The lowest BCUT2D eigenvalue weighted by Gasteiger charge is -2.22. The van der Waals surface area contributed by atoms with Gasteiger partial charge in [-0.25, -0.2) is 4.79 Å². The minimum Gasteiger partial charge on any atom is -0.312 e. The molecule has 0 N–H and O–H groups in total. The third-order valence-electron chi connectivity index (χ3n) is 6.81. The summed E-state index contributed by atoms with van der Waals surface area (Å²) < 4.78 is 4.93. The second-order valence-electron chi connectivity index (χ2n) is 9.00. The largest absolute Gasteiger partial charge is 0.332 e. The third-order valence-corrected chi connectivity index (χ3v) is 6.81. The normalized spacial score (nSPS) is 13.8. The van der Waals surface area contributed by atoms with Gasteiger partial charge in [0.15, 0.2) is 11.2 Å². The maximum atomic E-state index is 13.6. The first-order valence-corrected chi connectivity index (χ1v) is 12.2. The highest BCUT2D eigenvalue weighted by atomic mass is 16.2. The molecule has 176 valence electrons. The predicted octanol–water partition coefficient (Wildman–Crippen LogP) is 4.02. The van der Waals surface area contributed by atoms with Crippen molar-refractivity contribution in [3.8, 4) is 0 Å². The summed E-state index contributed by atoms with van der Waals surface area (Å²) in [5.41, 5.74) is 3.98. The van der Waals surface area contributed by atoms with Crippen molar-refractivity contribution in [2.75, 3.05) is 11.4 Å². The fraction of sp³-hybridized carbons (Fsp3) is 0.370. The van der Waals surface area contributed by atoms with Gasteiger partial charge in [0.25, 0.3) is 5.56 Å². The summed E-state index contributed by atoms with van der Waals surface area (Å²) in [4.78, 5) is 33.7. The van der Waals surface area contributed by atoms with E-state index >= 15 is 0 Å².